The molecule has 2 aliphatic rings. The normalized spacial score (nSPS) is 25.9. The van der Waals surface area contributed by atoms with Crippen molar-refractivity contribution in [2.75, 3.05) is 19.7 Å². The maximum absolute atomic E-state index is 12.3. The third kappa shape index (κ3) is 3.23. The number of aliphatic hydroxyl groups excluding tert-OH is 1. The smallest absolute Gasteiger partial charge is 0.329 e. The molecule has 2 atom stereocenters. The second-order valence-corrected chi connectivity index (χ2v) is 6.18. The number of nitrogens with zero attached hydrogens (tertiary/aromatic N) is 1. The standard InChI is InChI=1S/C14H24N2O4/c1-14(12(18)19,11-4-5-11)15-13(20)16-7-2-3-10(9-16)6-8-17/h10-11,17H,2-9H2,1H3,(H,15,20)(H,18,19). The second-order valence-electron chi connectivity index (χ2n) is 6.18. The van der Waals surface area contributed by atoms with E-state index in [0.29, 0.717) is 25.4 Å². The fourth-order valence-corrected chi connectivity index (χ4v) is 2.96. The van der Waals surface area contributed by atoms with E-state index in [4.69, 9.17) is 5.11 Å². The van der Waals surface area contributed by atoms with Crippen LogP contribution in [0.25, 0.3) is 0 Å². The van der Waals surface area contributed by atoms with Crippen LogP contribution >= 0.6 is 0 Å². The fourth-order valence-electron chi connectivity index (χ4n) is 2.96. The number of nitrogens with one attached hydrogen (secondary N) is 1. The van der Waals surface area contributed by atoms with Crippen LogP contribution in [0.5, 0.6) is 0 Å². The maximum Gasteiger partial charge on any atom is 0.329 e. The van der Waals surface area contributed by atoms with Gasteiger partial charge in [0, 0.05) is 19.7 Å². The molecule has 6 nitrogen and oxygen atoms in total. The van der Waals surface area contributed by atoms with Gasteiger partial charge in [-0.05, 0) is 50.9 Å². The van der Waals surface area contributed by atoms with Gasteiger partial charge in [0.05, 0.1) is 0 Å². The number of carboxylic acids is 1. The molecule has 1 saturated heterocycles. The number of hydrogen-bond donors (Lipinski definition) is 3. The summed E-state index contributed by atoms with van der Waals surface area (Å²) in [5, 5.41) is 21.1. The lowest BCUT2D eigenvalue weighted by Crippen LogP contribution is -2.58. The van der Waals surface area contributed by atoms with E-state index >= 15 is 0 Å². The van der Waals surface area contributed by atoms with E-state index in [-0.39, 0.29) is 18.6 Å². The van der Waals surface area contributed by atoms with E-state index in [9.17, 15) is 14.7 Å². The Kier molecular flexibility index (Phi) is 4.52. The summed E-state index contributed by atoms with van der Waals surface area (Å²) in [5.74, 6) is -0.601. The number of rotatable bonds is 5. The van der Waals surface area contributed by atoms with Gasteiger partial charge >= 0.3 is 12.0 Å². The summed E-state index contributed by atoms with van der Waals surface area (Å²) in [7, 11) is 0. The van der Waals surface area contributed by atoms with E-state index in [1.165, 1.54) is 0 Å². The molecule has 0 aromatic carbocycles. The second kappa shape index (κ2) is 5.99. The molecule has 20 heavy (non-hydrogen) atoms. The molecule has 3 N–H and O–H groups in total. The van der Waals surface area contributed by atoms with Gasteiger partial charge in [-0.2, -0.15) is 0 Å². The zero-order chi connectivity index (χ0) is 14.8. The van der Waals surface area contributed by atoms with E-state index < -0.39 is 11.5 Å². The quantitative estimate of drug-likeness (QED) is 0.703. The highest BCUT2D eigenvalue weighted by Crippen LogP contribution is 2.39. The zero-order valence-electron chi connectivity index (χ0n) is 12.0. The number of urea groups is 1. The van der Waals surface area contributed by atoms with E-state index in [1.807, 2.05) is 0 Å². The number of hydrogen-bond acceptors (Lipinski definition) is 3. The van der Waals surface area contributed by atoms with Gasteiger partial charge in [0.25, 0.3) is 0 Å². The minimum atomic E-state index is -1.15. The number of aliphatic carboxylic acids is 1. The van der Waals surface area contributed by atoms with Crippen molar-refractivity contribution >= 4 is 12.0 Å². The van der Waals surface area contributed by atoms with Crippen molar-refractivity contribution in [1.82, 2.24) is 10.2 Å². The summed E-state index contributed by atoms with van der Waals surface area (Å²) in [4.78, 5) is 25.4. The minimum Gasteiger partial charge on any atom is -0.480 e. The summed E-state index contributed by atoms with van der Waals surface area (Å²) in [6.07, 6.45) is 4.34. The SMILES string of the molecule is CC(NC(=O)N1CCCC(CCO)C1)(C(=O)O)C1CC1. The monoisotopic (exact) mass is 284 g/mol. The fraction of sp³-hybridized carbons (Fsp3) is 0.857. The summed E-state index contributed by atoms with van der Waals surface area (Å²) in [5.41, 5.74) is -1.15. The highest BCUT2D eigenvalue weighted by molar-refractivity contribution is 5.86. The van der Waals surface area contributed by atoms with Crippen LogP contribution in [0.15, 0.2) is 0 Å². The zero-order valence-corrected chi connectivity index (χ0v) is 12.0. The van der Waals surface area contributed by atoms with Crippen LogP contribution in [0.1, 0.15) is 39.0 Å². The first-order chi connectivity index (χ1) is 9.47. The van der Waals surface area contributed by atoms with Crippen molar-refractivity contribution in [3.63, 3.8) is 0 Å². The van der Waals surface area contributed by atoms with Crippen LogP contribution in [-0.4, -0.2) is 52.3 Å². The Bertz CT molecular complexity index is 381. The van der Waals surface area contributed by atoms with Crippen LogP contribution in [0.3, 0.4) is 0 Å². The van der Waals surface area contributed by atoms with Crippen molar-refractivity contribution in [1.29, 1.82) is 0 Å². The molecule has 1 saturated carbocycles. The molecule has 2 unspecified atom stereocenters. The van der Waals surface area contributed by atoms with Crippen LogP contribution in [-0.2, 0) is 4.79 Å². The van der Waals surface area contributed by atoms with Gasteiger partial charge in [0.2, 0.25) is 0 Å². The Labute approximate surface area is 119 Å². The number of aliphatic hydroxyl groups is 1. The van der Waals surface area contributed by atoms with Crippen molar-refractivity contribution in [3.8, 4) is 0 Å². The Morgan fingerprint density at radius 2 is 2.05 bits per heavy atom. The molecular weight excluding hydrogens is 260 g/mol. The third-order valence-electron chi connectivity index (χ3n) is 4.55. The Hall–Kier alpha value is -1.30. The average molecular weight is 284 g/mol. The number of carbonyl (C=O) groups is 2. The molecule has 2 rings (SSSR count). The first-order valence-electron chi connectivity index (χ1n) is 7.38. The lowest BCUT2D eigenvalue weighted by Gasteiger charge is -2.35. The molecule has 1 aliphatic heterocycles. The first kappa shape index (κ1) is 15.1. The lowest BCUT2D eigenvalue weighted by atomic mass is 9.94. The molecule has 0 aromatic heterocycles. The molecule has 0 spiro atoms. The van der Waals surface area contributed by atoms with Gasteiger partial charge in [-0.1, -0.05) is 0 Å². The molecule has 0 aromatic rings. The minimum absolute atomic E-state index is 0.0435. The largest absolute Gasteiger partial charge is 0.480 e. The molecule has 114 valence electrons. The number of likely N-dealkylation sites (tertiary alicyclic amines) is 1. The molecular formula is C14H24N2O4. The summed E-state index contributed by atoms with van der Waals surface area (Å²) < 4.78 is 0. The van der Waals surface area contributed by atoms with Crippen LogP contribution < -0.4 is 5.32 Å². The molecule has 0 radical (unpaired) electrons. The van der Waals surface area contributed by atoms with Gasteiger partial charge in [-0.15, -0.1) is 0 Å². The Morgan fingerprint density at radius 1 is 1.35 bits per heavy atom. The van der Waals surface area contributed by atoms with Gasteiger partial charge in [0.15, 0.2) is 0 Å². The van der Waals surface area contributed by atoms with E-state index in [0.717, 1.165) is 25.7 Å². The van der Waals surface area contributed by atoms with Crippen molar-refractivity contribution in [2.24, 2.45) is 11.8 Å². The molecule has 2 fully saturated rings. The maximum atomic E-state index is 12.3. The third-order valence-corrected chi connectivity index (χ3v) is 4.55. The first-order valence-corrected chi connectivity index (χ1v) is 7.38. The topological polar surface area (TPSA) is 89.9 Å². The number of piperidine rings is 1. The highest BCUT2D eigenvalue weighted by Gasteiger charge is 2.49. The highest BCUT2D eigenvalue weighted by atomic mass is 16.4. The van der Waals surface area contributed by atoms with Crippen molar-refractivity contribution in [2.45, 2.75) is 44.6 Å². The van der Waals surface area contributed by atoms with Crippen LogP contribution in [0, 0.1) is 11.8 Å². The Balaban J connectivity index is 1.94. The molecule has 6 heteroatoms. The summed E-state index contributed by atoms with van der Waals surface area (Å²) in [6.45, 7) is 3.00. The average Bonchev–Trinajstić information content (AvgIpc) is 3.23. The van der Waals surface area contributed by atoms with Gasteiger partial charge < -0.3 is 20.4 Å². The number of carboxylic acid groups (broad SMARTS) is 1. The van der Waals surface area contributed by atoms with Crippen molar-refractivity contribution in [3.05, 3.63) is 0 Å². The summed E-state index contributed by atoms with van der Waals surface area (Å²) >= 11 is 0. The molecule has 2 amide bonds. The van der Waals surface area contributed by atoms with Crippen molar-refractivity contribution < 1.29 is 19.8 Å². The lowest BCUT2D eigenvalue weighted by molar-refractivity contribution is -0.144. The molecule has 1 heterocycles. The van der Waals surface area contributed by atoms with Gasteiger partial charge in [-0.25, -0.2) is 9.59 Å². The Morgan fingerprint density at radius 3 is 2.60 bits per heavy atom. The van der Waals surface area contributed by atoms with E-state index in [1.54, 1.807) is 11.8 Å². The molecule has 1 aliphatic carbocycles. The number of carbonyl (C=O) groups excluding carboxylic acids is 1. The van der Waals surface area contributed by atoms with E-state index in [2.05, 4.69) is 5.32 Å². The molecule has 0 bridgehead atoms. The number of amides is 2. The van der Waals surface area contributed by atoms with Gasteiger partial charge in [0.1, 0.15) is 5.54 Å². The van der Waals surface area contributed by atoms with Crippen LogP contribution in [0.4, 0.5) is 4.79 Å². The van der Waals surface area contributed by atoms with Crippen LogP contribution in [0.2, 0.25) is 0 Å². The predicted molar refractivity (Wildman–Crippen MR) is 73.3 cm³/mol. The predicted octanol–water partition coefficient (Wildman–Crippen LogP) is 1.04. The summed E-state index contributed by atoms with van der Waals surface area (Å²) in [6, 6.07) is -0.288. The van der Waals surface area contributed by atoms with Gasteiger partial charge in [-0.3, -0.25) is 0 Å².